The van der Waals surface area contributed by atoms with Crippen LogP contribution in [0.3, 0.4) is 0 Å². The van der Waals surface area contributed by atoms with Crippen LogP contribution < -0.4 is 41.5 Å². The van der Waals surface area contributed by atoms with E-state index >= 15 is 0 Å². The molecule has 71 heavy (non-hydrogen) atoms. The Morgan fingerprint density at radius 2 is 1.56 bits per heavy atom. The van der Waals surface area contributed by atoms with Gasteiger partial charge < -0.3 is 29.7 Å². The molecule has 19 heteroatoms. The first-order valence-electron chi connectivity index (χ1n) is 24.0. The third-order valence-electron chi connectivity index (χ3n) is 14.1. The highest BCUT2D eigenvalue weighted by molar-refractivity contribution is 7.70. The lowest BCUT2D eigenvalue weighted by Crippen LogP contribution is -2.49. The third-order valence-corrected chi connectivity index (χ3v) is 15.9. The fourth-order valence-electron chi connectivity index (χ4n) is 10.3. The van der Waals surface area contributed by atoms with Gasteiger partial charge in [-0.3, -0.25) is 33.6 Å². The summed E-state index contributed by atoms with van der Waals surface area (Å²) >= 11 is 6.71. The predicted octanol–water partition coefficient (Wildman–Crippen LogP) is 7.61. The summed E-state index contributed by atoms with van der Waals surface area (Å²) in [5.74, 6) is 1.08. The minimum Gasteiger partial charge on any atom is -0.494 e. The number of rotatable bonds is 13. The summed E-state index contributed by atoms with van der Waals surface area (Å²) in [6.07, 6.45) is 7.99. The molecule has 0 aliphatic carbocycles. The van der Waals surface area contributed by atoms with Gasteiger partial charge in [0, 0.05) is 101 Å². The summed E-state index contributed by atoms with van der Waals surface area (Å²) in [6, 6.07) is 25.2. The Morgan fingerprint density at radius 1 is 0.803 bits per heavy atom. The molecule has 0 radical (unpaired) electrons. The number of benzene rings is 4. The van der Waals surface area contributed by atoms with Gasteiger partial charge in [-0.15, -0.1) is 0 Å². The summed E-state index contributed by atoms with van der Waals surface area (Å²) < 4.78 is 24.7. The summed E-state index contributed by atoms with van der Waals surface area (Å²) in [7, 11) is 2.58. The third kappa shape index (κ3) is 9.78. The molecular formula is C52H58ClN12O5P. The number of piperazine rings is 1. The molecule has 6 heterocycles. The number of nitrogens with one attached hydrogen (secondary N) is 3. The topological polar surface area (TPSA) is 177 Å². The first-order chi connectivity index (χ1) is 34.2. The van der Waals surface area contributed by atoms with E-state index in [1.807, 2.05) is 80.1 Å². The summed E-state index contributed by atoms with van der Waals surface area (Å²) in [4.78, 5) is 55.0. The van der Waals surface area contributed by atoms with Crippen molar-refractivity contribution in [3.05, 3.63) is 113 Å². The van der Waals surface area contributed by atoms with Crippen LogP contribution in [0.15, 0.2) is 102 Å². The van der Waals surface area contributed by atoms with Crippen LogP contribution in [-0.4, -0.2) is 112 Å². The molecule has 4 aromatic carbocycles. The number of ether oxygens (including phenoxy) is 1. The zero-order valence-electron chi connectivity index (χ0n) is 40.6. The van der Waals surface area contributed by atoms with Gasteiger partial charge >= 0.3 is 5.69 Å². The highest BCUT2D eigenvalue weighted by atomic mass is 35.5. The van der Waals surface area contributed by atoms with E-state index in [4.69, 9.17) is 21.3 Å². The number of hydrogen-bond donors (Lipinski definition) is 3. The van der Waals surface area contributed by atoms with E-state index in [9.17, 15) is 18.9 Å². The molecule has 10 rings (SSSR count). The lowest BCUT2D eigenvalue weighted by atomic mass is 9.94. The van der Waals surface area contributed by atoms with Crippen molar-refractivity contribution in [1.82, 2.24) is 39.1 Å². The number of carbonyl (C=O) groups excluding carboxylic acids is 2. The number of imide groups is 1. The number of aromatic nitrogens is 6. The monoisotopic (exact) mass is 996 g/mol. The number of aryl methyl sites for hydroxylation is 2. The van der Waals surface area contributed by atoms with E-state index in [1.165, 1.54) is 0 Å². The van der Waals surface area contributed by atoms with Crippen molar-refractivity contribution in [3.63, 3.8) is 0 Å². The van der Waals surface area contributed by atoms with Crippen molar-refractivity contribution in [3.8, 4) is 28.0 Å². The van der Waals surface area contributed by atoms with E-state index in [0.29, 0.717) is 57.1 Å². The Hall–Kier alpha value is -6.94. The van der Waals surface area contributed by atoms with Crippen molar-refractivity contribution < 1.29 is 18.9 Å². The Labute approximate surface area is 417 Å². The number of carbonyl (C=O) groups is 2. The van der Waals surface area contributed by atoms with Gasteiger partial charge in [0.05, 0.1) is 47.6 Å². The van der Waals surface area contributed by atoms with Gasteiger partial charge in [-0.1, -0.05) is 54.1 Å². The quantitative estimate of drug-likeness (QED) is 0.0761. The molecule has 3 aliphatic rings. The number of imidazole rings is 1. The summed E-state index contributed by atoms with van der Waals surface area (Å²) in [6.45, 7) is 9.68. The number of nitrogens with zero attached hydrogens (tertiary/aromatic N) is 9. The largest absolute Gasteiger partial charge is 0.494 e. The molecule has 17 nitrogen and oxygen atoms in total. The first kappa shape index (κ1) is 47.7. The number of fused-ring (bicyclic) bond motifs is 1. The molecule has 0 bridgehead atoms. The molecule has 368 valence electrons. The van der Waals surface area contributed by atoms with E-state index in [-0.39, 0.29) is 18.0 Å². The number of halogens is 1. The molecule has 3 N–H and O–H groups in total. The van der Waals surface area contributed by atoms with Gasteiger partial charge in [-0.25, -0.2) is 9.78 Å². The summed E-state index contributed by atoms with van der Waals surface area (Å²) in [5.41, 5.74) is 8.55. The van der Waals surface area contributed by atoms with Crippen LogP contribution in [0, 0.1) is 5.92 Å². The molecule has 3 aromatic heterocycles. The van der Waals surface area contributed by atoms with Crippen LogP contribution in [-0.2, 0) is 28.2 Å². The van der Waals surface area contributed by atoms with Crippen LogP contribution in [0.4, 0.5) is 34.5 Å². The maximum Gasteiger partial charge on any atom is 0.329 e. The fraction of sp³-hybridized carbons (Fsp3) is 0.346. The minimum atomic E-state index is -2.74. The van der Waals surface area contributed by atoms with E-state index in [0.717, 1.165) is 97.8 Å². The number of piperidine rings is 2. The maximum absolute atomic E-state index is 13.6. The second-order valence-corrected chi connectivity index (χ2v) is 22.7. The predicted molar refractivity (Wildman–Crippen MR) is 282 cm³/mol. The van der Waals surface area contributed by atoms with Crippen LogP contribution in [0.1, 0.15) is 31.7 Å². The van der Waals surface area contributed by atoms with Crippen LogP contribution in [0.2, 0.25) is 5.02 Å². The maximum atomic E-state index is 13.6. The van der Waals surface area contributed by atoms with Crippen molar-refractivity contribution in [2.75, 3.05) is 86.7 Å². The lowest BCUT2D eigenvalue weighted by Gasteiger charge is -2.40. The molecule has 7 aromatic rings. The Kier molecular flexibility index (Phi) is 13.2. The Bertz CT molecular complexity index is 3260. The van der Waals surface area contributed by atoms with Crippen molar-refractivity contribution in [1.29, 1.82) is 0 Å². The second kappa shape index (κ2) is 19.7. The van der Waals surface area contributed by atoms with Crippen LogP contribution in [0.25, 0.3) is 33.3 Å². The lowest BCUT2D eigenvalue weighted by molar-refractivity contribution is -0.135. The standard InChI is InChI=1S/C52H58ClN12O5P/c1-60-32-36(29-55-60)37-27-40(57-51-54-30-38(53)49(59-51)56-39-15-14-35(26-46(39)71(4,5)69)34-10-7-6-8-11-34)45(70-3)28-44(37)63-20-18-33(19-21-63)31-62-22-24-64(25-23-62)41-12-9-13-42-48(41)61(2)52(68)65(42)43-16-17-47(66)58-50(43)67/h6-15,26-30,32-33,43H,16-25,31H2,1-5H3,(H,58,66,67)(H2,54,56,57,59). The summed E-state index contributed by atoms with van der Waals surface area (Å²) in [5, 5.41) is 14.7. The number of hydrogen-bond acceptors (Lipinski definition) is 13. The second-order valence-electron chi connectivity index (χ2n) is 19.1. The fourth-order valence-corrected chi connectivity index (χ4v) is 11.6. The molecule has 3 fully saturated rings. The number of para-hydroxylation sites is 1. The highest BCUT2D eigenvalue weighted by Gasteiger charge is 2.33. The molecule has 3 saturated heterocycles. The van der Waals surface area contributed by atoms with Gasteiger partial charge in [0.15, 0.2) is 5.82 Å². The van der Waals surface area contributed by atoms with Crippen LogP contribution >= 0.6 is 18.7 Å². The van der Waals surface area contributed by atoms with Crippen molar-refractivity contribution in [2.24, 2.45) is 20.0 Å². The van der Waals surface area contributed by atoms with Gasteiger partial charge in [0.25, 0.3) is 0 Å². The molecule has 0 spiro atoms. The minimum absolute atomic E-state index is 0.203. The zero-order valence-corrected chi connectivity index (χ0v) is 42.2. The number of anilines is 6. The smallest absolute Gasteiger partial charge is 0.329 e. The SMILES string of the molecule is COc1cc(N2CCC(CN3CCN(c4cccc5c4n(C)c(=O)n5C4CCC(=O)NC4=O)CC3)CC2)c(-c2cnn(C)c2)cc1Nc1ncc(Cl)c(Nc2ccc(-c3ccccc3)cc2P(C)(C)=O)n1. The number of amides is 2. The average molecular weight is 998 g/mol. The van der Waals surface area contributed by atoms with Gasteiger partial charge in [-0.2, -0.15) is 10.1 Å². The van der Waals surface area contributed by atoms with Crippen molar-refractivity contribution in [2.45, 2.75) is 31.7 Å². The normalized spacial score (nSPS) is 17.2. The van der Waals surface area contributed by atoms with Gasteiger partial charge in [-0.05, 0) is 80.0 Å². The Morgan fingerprint density at radius 3 is 2.27 bits per heavy atom. The van der Waals surface area contributed by atoms with E-state index in [1.54, 1.807) is 47.5 Å². The first-order valence-corrected chi connectivity index (χ1v) is 27.0. The molecule has 2 amide bonds. The van der Waals surface area contributed by atoms with Crippen LogP contribution in [0.5, 0.6) is 5.75 Å². The Balaban J connectivity index is 0.821. The number of methoxy groups -OCH3 is 1. The molecule has 3 aliphatic heterocycles. The zero-order chi connectivity index (χ0) is 49.6. The molecule has 1 unspecified atom stereocenters. The van der Waals surface area contributed by atoms with E-state index in [2.05, 4.69) is 58.9 Å². The van der Waals surface area contributed by atoms with Crippen molar-refractivity contribution >= 4 is 81.4 Å². The average Bonchev–Trinajstić information content (AvgIpc) is 3.92. The molecule has 1 atom stereocenters. The molecular weight excluding hydrogens is 939 g/mol. The molecule has 0 saturated carbocycles. The van der Waals surface area contributed by atoms with Gasteiger partial charge in [0.1, 0.15) is 24.0 Å². The van der Waals surface area contributed by atoms with E-state index < -0.39 is 19.1 Å². The highest BCUT2D eigenvalue weighted by Crippen LogP contribution is 2.43. The van der Waals surface area contributed by atoms with Gasteiger partial charge in [0.2, 0.25) is 17.8 Å².